The number of carbonyl (C=O) groups is 2. The molecule has 0 bridgehead atoms. The number of aromatic hydroxyl groups is 1. The van der Waals surface area contributed by atoms with Crippen LogP contribution in [0.15, 0.2) is 53.4 Å². The summed E-state index contributed by atoms with van der Waals surface area (Å²) in [5.41, 5.74) is 1.06. The second-order valence-electron chi connectivity index (χ2n) is 6.94. The zero-order valence-electron chi connectivity index (χ0n) is 16.0. The zero-order valence-corrected chi connectivity index (χ0v) is 16.8. The van der Waals surface area contributed by atoms with Crippen molar-refractivity contribution >= 4 is 33.2 Å². The Labute approximate surface area is 169 Å². The lowest BCUT2D eigenvalue weighted by Crippen LogP contribution is -2.43. The number of nitrogens with one attached hydrogen (secondary N) is 2. The Kier molecular flexibility index (Phi) is 6.19. The van der Waals surface area contributed by atoms with Crippen molar-refractivity contribution in [2.45, 2.75) is 24.7 Å². The minimum absolute atomic E-state index is 0.0969. The van der Waals surface area contributed by atoms with Crippen LogP contribution in [0.3, 0.4) is 0 Å². The second-order valence-corrected chi connectivity index (χ2v) is 8.88. The number of hydrogen-bond donors (Lipinski definition) is 3. The quantitative estimate of drug-likeness (QED) is 0.646. The lowest BCUT2D eigenvalue weighted by atomic mass is 9.99. The highest BCUT2D eigenvalue weighted by atomic mass is 32.2. The van der Waals surface area contributed by atoms with Crippen molar-refractivity contribution < 1.29 is 23.1 Å². The van der Waals surface area contributed by atoms with Gasteiger partial charge in [-0.3, -0.25) is 9.59 Å². The Morgan fingerprint density at radius 3 is 2.21 bits per heavy atom. The molecule has 1 fully saturated rings. The first-order valence-corrected chi connectivity index (χ1v) is 10.7. The Hall–Kier alpha value is -2.91. The van der Waals surface area contributed by atoms with E-state index in [2.05, 4.69) is 10.6 Å². The number of phenols is 1. The Bertz CT molecular complexity index is 988. The molecule has 9 heteroatoms. The minimum atomic E-state index is -3.74. The molecule has 1 saturated heterocycles. The van der Waals surface area contributed by atoms with Gasteiger partial charge in [0.15, 0.2) is 0 Å². The van der Waals surface area contributed by atoms with E-state index in [0.717, 1.165) is 0 Å². The van der Waals surface area contributed by atoms with Crippen LogP contribution in [0.4, 0.5) is 11.4 Å². The zero-order chi connectivity index (χ0) is 21.0. The molecule has 154 valence electrons. The van der Waals surface area contributed by atoms with Crippen LogP contribution in [0.1, 0.15) is 19.8 Å². The topological polar surface area (TPSA) is 116 Å². The first kappa shape index (κ1) is 20.8. The molecule has 0 aromatic heterocycles. The normalized spacial score (nSPS) is 17.5. The molecule has 1 aliphatic rings. The average Bonchev–Trinajstić information content (AvgIpc) is 2.70. The van der Waals surface area contributed by atoms with Crippen LogP contribution in [0.2, 0.25) is 0 Å². The van der Waals surface area contributed by atoms with Crippen LogP contribution < -0.4 is 10.6 Å². The van der Waals surface area contributed by atoms with Crippen molar-refractivity contribution in [2.75, 3.05) is 23.7 Å². The van der Waals surface area contributed by atoms with E-state index in [0.29, 0.717) is 30.8 Å². The molecule has 2 amide bonds. The maximum atomic E-state index is 13.0. The summed E-state index contributed by atoms with van der Waals surface area (Å²) in [4.78, 5) is 23.8. The molecule has 0 saturated carbocycles. The van der Waals surface area contributed by atoms with Crippen molar-refractivity contribution in [3.8, 4) is 5.75 Å². The summed E-state index contributed by atoms with van der Waals surface area (Å²) in [5, 5.41) is 14.7. The summed E-state index contributed by atoms with van der Waals surface area (Å²) in [5.74, 6) is -0.857. The predicted octanol–water partition coefficient (Wildman–Crippen LogP) is 2.39. The van der Waals surface area contributed by atoms with E-state index in [1.807, 2.05) is 0 Å². The van der Waals surface area contributed by atoms with Gasteiger partial charge in [0, 0.05) is 31.4 Å². The summed E-state index contributed by atoms with van der Waals surface area (Å²) < 4.78 is 27.3. The van der Waals surface area contributed by atoms with E-state index in [4.69, 9.17) is 0 Å². The van der Waals surface area contributed by atoms with Gasteiger partial charge in [-0.1, -0.05) is 0 Å². The first-order chi connectivity index (χ1) is 13.8. The molecule has 3 N–H and O–H groups in total. The number of nitrogens with zero attached hydrogens (tertiary/aromatic N) is 1. The van der Waals surface area contributed by atoms with Gasteiger partial charge in [-0.25, -0.2) is 8.42 Å². The predicted molar refractivity (Wildman–Crippen MR) is 109 cm³/mol. The van der Waals surface area contributed by atoms with Crippen LogP contribution in [-0.2, 0) is 19.6 Å². The second kappa shape index (κ2) is 8.62. The van der Waals surface area contributed by atoms with E-state index >= 15 is 0 Å². The largest absolute Gasteiger partial charge is 0.508 e. The summed E-state index contributed by atoms with van der Waals surface area (Å²) in [6, 6.07) is 12.1. The molecule has 2 aromatic rings. The molecule has 2 aromatic carbocycles. The SMILES string of the molecule is CC(=O)Nc1ccc(S(=O)(=O)N2CCC[C@@H](C(=O)Nc3ccc(O)cc3)C2)cc1. The molecule has 1 aliphatic heterocycles. The number of piperidine rings is 1. The molecular weight excluding hydrogens is 394 g/mol. The van der Waals surface area contributed by atoms with Crippen LogP contribution >= 0.6 is 0 Å². The van der Waals surface area contributed by atoms with Crippen molar-refractivity contribution in [2.24, 2.45) is 5.92 Å². The van der Waals surface area contributed by atoms with E-state index in [-0.39, 0.29) is 29.0 Å². The van der Waals surface area contributed by atoms with Crippen molar-refractivity contribution in [3.05, 3.63) is 48.5 Å². The van der Waals surface area contributed by atoms with Crippen LogP contribution in [0, 0.1) is 5.92 Å². The summed E-state index contributed by atoms with van der Waals surface area (Å²) >= 11 is 0. The minimum Gasteiger partial charge on any atom is -0.508 e. The van der Waals surface area contributed by atoms with Gasteiger partial charge in [-0.05, 0) is 61.4 Å². The fourth-order valence-corrected chi connectivity index (χ4v) is 4.75. The molecule has 1 atom stereocenters. The van der Waals surface area contributed by atoms with Gasteiger partial charge in [-0.2, -0.15) is 4.31 Å². The van der Waals surface area contributed by atoms with Crippen LogP contribution in [-0.4, -0.2) is 42.7 Å². The lowest BCUT2D eigenvalue weighted by molar-refractivity contribution is -0.121. The molecule has 0 spiro atoms. The Balaban J connectivity index is 1.69. The maximum Gasteiger partial charge on any atom is 0.243 e. The average molecular weight is 417 g/mol. The molecule has 0 unspecified atom stereocenters. The highest BCUT2D eigenvalue weighted by Gasteiger charge is 2.33. The van der Waals surface area contributed by atoms with Gasteiger partial charge in [0.1, 0.15) is 5.75 Å². The number of benzene rings is 2. The third-order valence-electron chi connectivity index (χ3n) is 4.70. The molecule has 29 heavy (non-hydrogen) atoms. The summed E-state index contributed by atoms with van der Waals surface area (Å²) in [6.45, 7) is 1.82. The van der Waals surface area contributed by atoms with Crippen molar-refractivity contribution in [3.63, 3.8) is 0 Å². The monoisotopic (exact) mass is 417 g/mol. The van der Waals surface area contributed by atoms with Crippen LogP contribution in [0.25, 0.3) is 0 Å². The molecule has 3 rings (SSSR count). The fraction of sp³-hybridized carbons (Fsp3) is 0.300. The van der Waals surface area contributed by atoms with E-state index in [1.54, 1.807) is 12.1 Å². The third-order valence-corrected chi connectivity index (χ3v) is 6.58. The number of phenolic OH excluding ortho intramolecular Hbond substituents is 1. The van der Waals surface area contributed by atoms with Gasteiger partial charge < -0.3 is 15.7 Å². The third kappa shape index (κ3) is 5.12. The van der Waals surface area contributed by atoms with E-state index in [1.165, 1.54) is 47.6 Å². The number of carbonyl (C=O) groups excluding carboxylic acids is 2. The van der Waals surface area contributed by atoms with Gasteiger partial charge in [0.25, 0.3) is 0 Å². The summed E-state index contributed by atoms with van der Waals surface area (Å²) in [7, 11) is -3.74. The highest BCUT2D eigenvalue weighted by molar-refractivity contribution is 7.89. The molecule has 0 radical (unpaired) electrons. The number of hydrogen-bond acceptors (Lipinski definition) is 5. The number of anilines is 2. The fourth-order valence-electron chi connectivity index (χ4n) is 3.23. The Morgan fingerprint density at radius 1 is 1.00 bits per heavy atom. The number of amides is 2. The number of sulfonamides is 1. The van der Waals surface area contributed by atoms with Gasteiger partial charge >= 0.3 is 0 Å². The molecular formula is C20H23N3O5S. The lowest BCUT2D eigenvalue weighted by Gasteiger charge is -2.31. The van der Waals surface area contributed by atoms with Gasteiger partial charge in [-0.15, -0.1) is 0 Å². The van der Waals surface area contributed by atoms with Gasteiger partial charge in [0.05, 0.1) is 10.8 Å². The van der Waals surface area contributed by atoms with Crippen molar-refractivity contribution in [1.29, 1.82) is 0 Å². The smallest absolute Gasteiger partial charge is 0.243 e. The highest BCUT2D eigenvalue weighted by Crippen LogP contribution is 2.26. The maximum absolute atomic E-state index is 13.0. The van der Waals surface area contributed by atoms with E-state index < -0.39 is 15.9 Å². The van der Waals surface area contributed by atoms with Crippen LogP contribution in [0.5, 0.6) is 5.75 Å². The summed E-state index contributed by atoms with van der Waals surface area (Å²) in [6.07, 6.45) is 1.17. The number of rotatable bonds is 5. The molecule has 0 aliphatic carbocycles. The Morgan fingerprint density at radius 2 is 1.59 bits per heavy atom. The first-order valence-electron chi connectivity index (χ1n) is 9.23. The van der Waals surface area contributed by atoms with Gasteiger partial charge in [0.2, 0.25) is 21.8 Å². The standard InChI is InChI=1S/C20H23N3O5S/c1-14(24)21-16-6-10-19(11-7-16)29(27,28)23-12-2-3-15(13-23)20(26)22-17-4-8-18(25)9-5-17/h4-11,15,25H,2-3,12-13H2,1H3,(H,21,24)(H,22,26)/t15-/m1/s1. The molecule has 1 heterocycles. The molecule has 8 nitrogen and oxygen atoms in total. The van der Waals surface area contributed by atoms with Crippen molar-refractivity contribution in [1.82, 2.24) is 4.31 Å². The van der Waals surface area contributed by atoms with E-state index in [9.17, 15) is 23.1 Å².